The first-order valence-corrected chi connectivity index (χ1v) is 4.77. The molecule has 0 bridgehead atoms. The molecule has 0 aliphatic rings. The molecular weight excluding hydrogens is 132 g/mol. The molecule has 0 unspecified atom stereocenters. The van der Waals surface area contributed by atoms with E-state index in [4.69, 9.17) is 0 Å². The van der Waals surface area contributed by atoms with Gasteiger partial charge >= 0.3 is 0 Å². The average molecular weight is 154 g/mol. The summed E-state index contributed by atoms with van der Waals surface area (Å²) in [7, 11) is 0. The number of unbranched alkanes of at least 4 members (excludes halogenated alkanes) is 1. The largest absolute Gasteiger partial charge is 0.0885 e. The summed E-state index contributed by atoms with van der Waals surface area (Å²) in [5, 5.41) is 0. The second-order valence-electron chi connectivity index (χ2n) is 3.98. The third-order valence-electron chi connectivity index (χ3n) is 2.25. The van der Waals surface area contributed by atoms with Crippen molar-refractivity contribution in [1.82, 2.24) is 0 Å². The van der Waals surface area contributed by atoms with Gasteiger partial charge in [-0.1, -0.05) is 52.7 Å². The number of hydrogen-bond donors (Lipinski definition) is 0. The van der Waals surface area contributed by atoms with Gasteiger partial charge in [-0.25, -0.2) is 0 Å². The zero-order chi connectivity index (χ0) is 8.74. The molecular formula is C11H22. The third-order valence-corrected chi connectivity index (χ3v) is 2.25. The molecule has 0 spiro atoms. The van der Waals surface area contributed by atoms with Crippen LogP contribution in [0, 0.1) is 5.41 Å². The Labute approximate surface area is 71.7 Å². The van der Waals surface area contributed by atoms with Crippen LogP contribution in [0.15, 0.2) is 12.2 Å². The zero-order valence-corrected chi connectivity index (χ0v) is 8.48. The van der Waals surface area contributed by atoms with Gasteiger partial charge < -0.3 is 0 Å². The van der Waals surface area contributed by atoms with Gasteiger partial charge in [0.2, 0.25) is 0 Å². The maximum Gasteiger partial charge on any atom is -0.0299 e. The minimum Gasteiger partial charge on any atom is -0.0885 e. The molecule has 0 rings (SSSR count). The van der Waals surface area contributed by atoms with Gasteiger partial charge in [0.1, 0.15) is 0 Å². The van der Waals surface area contributed by atoms with Gasteiger partial charge in [-0.05, 0) is 18.3 Å². The Hall–Kier alpha value is -0.260. The van der Waals surface area contributed by atoms with Crippen LogP contribution in [0.4, 0.5) is 0 Å². The molecule has 0 aliphatic carbocycles. The van der Waals surface area contributed by atoms with E-state index >= 15 is 0 Å². The Morgan fingerprint density at radius 1 is 1.09 bits per heavy atom. The Balaban J connectivity index is 3.51. The Bertz CT molecular complexity index is 109. The summed E-state index contributed by atoms with van der Waals surface area (Å²) in [6, 6.07) is 0. The topological polar surface area (TPSA) is 0 Å². The van der Waals surface area contributed by atoms with Crippen molar-refractivity contribution in [1.29, 1.82) is 0 Å². The summed E-state index contributed by atoms with van der Waals surface area (Å²) < 4.78 is 0. The van der Waals surface area contributed by atoms with Crippen LogP contribution in [0.2, 0.25) is 0 Å². The molecule has 0 heterocycles. The fourth-order valence-corrected chi connectivity index (χ4v) is 0.831. The van der Waals surface area contributed by atoms with Crippen molar-refractivity contribution in [3.63, 3.8) is 0 Å². The van der Waals surface area contributed by atoms with Gasteiger partial charge in [0.25, 0.3) is 0 Å². The lowest BCUT2D eigenvalue weighted by Gasteiger charge is -2.19. The van der Waals surface area contributed by atoms with E-state index < -0.39 is 0 Å². The summed E-state index contributed by atoms with van der Waals surface area (Å²) >= 11 is 0. The normalized spacial score (nSPS) is 12.7. The second kappa shape index (κ2) is 5.40. The summed E-state index contributed by atoms with van der Waals surface area (Å²) in [6.07, 6.45) is 9.63. The van der Waals surface area contributed by atoms with Crippen LogP contribution in [-0.4, -0.2) is 0 Å². The van der Waals surface area contributed by atoms with Crippen molar-refractivity contribution < 1.29 is 0 Å². The van der Waals surface area contributed by atoms with E-state index in [2.05, 4.69) is 39.8 Å². The molecule has 0 aromatic carbocycles. The summed E-state index contributed by atoms with van der Waals surface area (Å²) in [5.74, 6) is 0. The molecule has 11 heavy (non-hydrogen) atoms. The molecule has 0 amide bonds. The van der Waals surface area contributed by atoms with Crippen molar-refractivity contribution in [3.05, 3.63) is 12.2 Å². The van der Waals surface area contributed by atoms with E-state index in [-0.39, 0.29) is 0 Å². The van der Waals surface area contributed by atoms with Crippen molar-refractivity contribution in [3.8, 4) is 0 Å². The summed E-state index contributed by atoms with van der Waals surface area (Å²) in [4.78, 5) is 0. The van der Waals surface area contributed by atoms with Crippen LogP contribution in [0.25, 0.3) is 0 Å². The van der Waals surface area contributed by atoms with Gasteiger partial charge in [0.05, 0.1) is 0 Å². The molecule has 0 nitrogen and oxygen atoms in total. The fourth-order valence-electron chi connectivity index (χ4n) is 0.831. The van der Waals surface area contributed by atoms with Crippen LogP contribution in [0.1, 0.15) is 53.4 Å². The van der Waals surface area contributed by atoms with Crippen molar-refractivity contribution in [2.24, 2.45) is 5.41 Å². The molecule has 0 aliphatic heterocycles. The van der Waals surface area contributed by atoms with Gasteiger partial charge in [0, 0.05) is 0 Å². The smallest absolute Gasteiger partial charge is 0.0299 e. The average Bonchev–Trinajstić information content (AvgIpc) is 1.99. The molecule has 0 aromatic rings. The van der Waals surface area contributed by atoms with Gasteiger partial charge in [-0.3, -0.25) is 0 Å². The highest BCUT2D eigenvalue weighted by Crippen LogP contribution is 2.24. The standard InChI is InChI=1S/C11H22/c1-5-7-8-9-10-11(3,4)6-2/h8-9H,5-7,10H2,1-4H3/b9-8+. The van der Waals surface area contributed by atoms with Crippen LogP contribution in [-0.2, 0) is 0 Å². The Morgan fingerprint density at radius 3 is 2.18 bits per heavy atom. The van der Waals surface area contributed by atoms with E-state index in [1.54, 1.807) is 0 Å². The molecule has 0 N–H and O–H groups in total. The molecule has 0 heteroatoms. The highest BCUT2D eigenvalue weighted by molar-refractivity contribution is 4.86. The minimum absolute atomic E-state index is 0.504. The second-order valence-corrected chi connectivity index (χ2v) is 3.98. The SMILES string of the molecule is CCC/C=C/CC(C)(C)CC. The quantitative estimate of drug-likeness (QED) is 0.521. The highest BCUT2D eigenvalue weighted by atomic mass is 14.2. The van der Waals surface area contributed by atoms with Crippen LogP contribution >= 0.6 is 0 Å². The molecule has 0 atom stereocenters. The number of hydrogen-bond acceptors (Lipinski definition) is 0. The first-order valence-electron chi connectivity index (χ1n) is 4.77. The zero-order valence-electron chi connectivity index (χ0n) is 8.48. The fraction of sp³-hybridized carbons (Fsp3) is 0.818. The van der Waals surface area contributed by atoms with E-state index in [9.17, 15) is 0 Å². The van der Waals surface area contributed by atoms with Crippen molar-refractivity contribution in [2.75, 3.05) is 0 Å². The maximum atomic E-state index is 2.33. The van der Waals surface area contributed by atoms with E-state index in [0.717, 1.165) is 0 Å². The molecule has 0 fully saturated rings. The van der Waals surface area contributed by atoms with Crippen LogP contribution in [0.3, 0.4) is 0 Å². The lowest BCUT2D eigenvalue weighted by molar-refractivity contribution is 0.356. The Kier molecular flexibility index (Phi) is 5.27. The first-order chi connectivity index (χ1) is 5.12. The Morgan fingerprint density at radius 2 is 1.73 bits per heavy atom. The monoisotopic (exact) mass is 154 g/mol. The highest BCUT2D eigenvalue weighted by Gasteiger charge is 2.11. The lowest BCUT2D eigenvalue weighted by atomic mass is 9.86. The lowest BCUT2D eigenvalue weighted by Crippen LogP contribution is -2.07. The van der Waals surface area contributed by atoms with Crippen molar-refractivity contribution >= 4 is 0 Å². The first kappa shape index (κ1) is 10.7. The van der Waals surface area contributed by atoms with E-state index in [1.165, 1.54) is 25.7 Å². The third kappa shape index (κ3) is 6.15. The van der Waals surface area contributed by atoms with Crippen LogP contribution < -0.4 is 0 Å². The number of rotatable bonds is 5. The summed E-state index contributed by atoms with van der Waals surface area (Å²) in [5.41, 5.74) is 0.504. The number of allylic oxidation sites excluding steroid dienone is 2. The molecule has 0 saturated carbocycles. The van der Waals surface area contributed by atoms with Crippen molar-refractivity contribution in [2.45, 2.75) is 53.4 Å². The van der Waals surface area contributed by atoms with E-state index in [1.807, 2.05) is 0 Å². The predicted molar refractivity (Wildman–Crippen MR) is 52.7 cm³/mol. The van der Waals surface area contributed by atoms with E-state index in [0.29, 0.717) is 5.41 Å². The molecule has 0 saturated heterocycles. The van der Waals surface area contributed by atoms with Gasteiger partial charge in [-0.15, -0.1) is 0 Å². The van der Waals surface area contributed by atoms with Gasteiger partial charge in [-0.2, -0.15) is 0 Å². The van der Waals surface area contributed by atoms with Gasteiger partial charge in [0.15, 0.2) is 0 Å². The molecule has 0 aromatic heterocycles. The predicted octanol–water partition coefficient (Wildman–Crippen LogP) is 4.17. The summed E-state index contributed by atoms with van der Waals surface area (Å²) in [6.45, 7) is 9.12. The molecule has 0 radical (unpaired) electrons. The molecule has 66 valence electrons. The maximum absolute atomic E-state index is 2.33. The minimum atomic E-state index is 0.504. The van der Waals surface area contributed by atoms with Crippen LogP contribution in [0.5, 0.6) is 0 Å².